The number of rotatable bonds is 2. The van der Waals surface area contributed by atoms with Gasteiger partial charge in [-0.3, -0.25) is 4.79 Å². The van der Waals surface area contributed by atoms with Crippen LogP contribution in [0.2, 0.25) is 0 Å². The minimum absolute atomic E-state index is 0.0524. The monoisotopic (exact) mass is 272 g/mol. The molecule has 0 N–H and O–H groups in total. The molecule has 2 heterocycles. The smallest absolute Gasteiger partial charge is 0.226 e. The highest BCUT2D eigenvalue weighted by Gasteiger charge is 2.53. The summed E-state index contributed by atoms with van der Waals surface area (Å²) in [6.07, 6.45) is 3.18. The molecule has 0 aromatic rings. The Morgan fingerprint density at radius 3 is 2.33 bits per heavy atom. The number of likely N-dealkylation sites (tertiary alicyclic amines) is 1. The first kappa shape index (κ1) is 12.4. The average Bonchev–Trinajstić information content (AvgIpc) is 2.78. The van der Waals surface area contributed by atoms with Crippen LogP contribution in [-0.2, 0) is 14.8 Å². The molecule has 2 atom stereocenters. The zero-order valence-electron chi connectivity index (χ0n) is 10.9. The van der Waals surface area contributed by atoms with Gasteiger partial charge in [0, 0.05) is 37.5 Å². The third-order valence-corrected chi connectivity index (χ3v) is 5.91. The molecule has 6 heteroatoms. The lowest BCUT2D eigenvalue weighted by Crippen LogP contribution is -2.60. The average molecular weight is 272 g/mol. The van der Waals surface area contributed by atoms with E-state index in [1.807, 2.05) is 4.90 Å². The van der Waals surface area contributed by atoms with Crippen LogP contribution in [0.3, 0.4) is 0 Å². The van der Waals surface area contributed by atoms with Gasteiger partial charge in [0.25, 0.3) is 0 Å². The van der Waals surface area contributed by atoms with Gasteiger partial charge in [-0.1, -0.05) is 6.92 Å². The molecule has 1 spiro atoms. The first-order valence-electron chi connectivity index (χ1n) is 6.55. The van der Waals surface area contributed by atoms with Gasteiger partial charge in [-0.05, 0) is 18.8 Å². The molecule has 0 unspecified atom stereocenters. The zero-order chi connectivity index (χ0) is 13.1. The van der Waals surface area contributed by atoms with Crippen LogP contribution < -0.4 is 0 Å². The number of sulfonamides is 1. The van der Waals surface area contributed by atoms with Gasteiger partial charge in [0.05, 0.1) is 6.26 Å². The van der Waals surface area contributed by atoms with Crippen molar-refractivity contribution in [2.45, 2.75) is 19.8 Å². The second kappa shape index (κ2) is 3.70. The highest BCUT2D eigenvalue weighted by atomic mass is 32.2. The fraction of sp³-hybridized carbons (Fsp3) is 0.917. The summed E-state index contributed by atoms with van der Waals surface area (Å²) in [5.74, 6) is 1.07. The van der Waals surface area contributed by atoms with Gasteiger partial charge < -0.3 is 4.90 Å². The van der Waals surface area contributed by atoms with E-state index < -0.39 is 10.0 Å². The van der Waals surface area contributed by atoms with Crippen molar-refractivity contribution in [2.24, 2.45) is 17.3 Å². The Morgan fingerprint density at radius 2 is 1.89 bits per heavy atom. The maximum atomic E-state index is 12.0. The lowest BCUT2D eigenvalue weighted by Gasteiger charge is -2.48. The molecule has 102 valence electrons. The second-order valence-electron chi connectivity index (χ2n) is 6.36. The van der Waals surface area contributed by atoms with Crippen LogP contribution in [0.1, 0.15) is 19.8 Å². The number of carbonyl (C=O) groups excluding carboxylic acids is 1. The molecule has 2 aliphatic heterocycles. The molecule has 0 aromatic carbocycles. The van der Waals surface area contributed by atoms with Crippen molar-refractivity contribution < 1.29 is 13.2 Å². The van der Waals surface area contributed by atoms with E-state index in [2.05, 4.69) is 6.92 Å². The minimum Gasteiger partial charge on any atom is -0.341 e. The van der Waals surface area contributed by atoms with Crippen molar-refractivity contribution in [3.05, 3.63) is 0 Å². The third-order valence-electron chi connectivity index (χ3n) is 4.66. The fourth-order valence-corrected chi connectivity index (χ4v) is 4.19. The predicted molar refractivity (Wildman–Crippen MR) is 67.3 cm³/mol. The number of hydrogen-bond acceptors (Lipinski definition) is 3. The van der Waals surface area contributed by atoms with E-state index in [4.69, 9.17) is 0 Å². The summed E-state index contributed by atoms with van der Waals surface area (Å²) in [5.41, 5.74) is 0.0524. The Hall–Kier alpha value is -0.620. The highest BCUT2D eigenvalue weighted by Crippen LogP contribution is 2.45. The molecule has 1 aliphatic carbocycles. The maximum absolute atomic E-state index is 12.0. The summed E-state index contributed by atoms with van der Waals surface area (Å²) in [6, 6.07) is 0. The molecular formula is C12H20N2O3S. The summed E-state index contributed by atoms with van der Waals surface area (Å²) in [5, 5.41) is 0. The standard InChI is InChI=1S/C12H20N2O3S/c1-9-5-10(9)11(15)13-6-12(7-13)3-4-14(8-12)18(2,16)17/h9-10H,3-8H2,1-2H3/t9-,10+/m0/s1. The van der Waals surface area contributed by atoms with E-state index in [1.165, 1.54) is 6.26 Å². The number of hydrogen-bond donors (Lipinski definition) is 0. The topological polar surface area (TPSA) is 57.7 Å². The van der Waals surface area contributed by atoms with Crippen LogP contribution in [0.25, 0.3) is 0 Å². The molecule has 3 rings (SSSR count). The Labute approximate surface area is 108 Å². The van der Waals surface area contributed by atoms with E-state index in [-0.39, 0.29) is 17.2 Å². The van der Waals surface area contributed by atoms with E-state index in [0.717, 1.165) is 25.9 Å². The van der Waals surface area contributed by atoms with Crippen molar-refractivity contribution in [3.63, 3.8) is 0 Å². The quantitative estimate of drug-likeness (QED) is 0.718. The number of carbonyl (C=O) groups is 1. The summed E-state index contributed by atoms with van der Waals surface area (Å²) in [6.45, 7) is 4.82. The van der Waals surface area contributed by atoms with Crippen LogP contribution in [0.4, 0.5) is 0 Å². The van der Waals surface area contributed by atoms with E-state index in [9.17, 15) is 13.2 Å². The predicted octanol–water partition coefficient (Wildman–Crippen LogP) is 0.136. The molecule has 0 bridgehead atoms. The van der Waals surface area contributed by atoms with Crippen LogP contribution in [0, 0.1) is 17.3 Å². The Balaban J connectivity index is 1.57. The SMILES string of the molecule is C[C@H]1C[C@H]1C(=O)N1CC2(CCN(S(C)(=O)=O)C2)C1. The molecule has 1 saturated carbocycles. The van der Waals surface area contributed by atoms with Crippen LogP contribution >= 0.6 is 0 Å². The molecule has 1 amide bonds. The first-order chi connectivity index (χ1) is 8.31. The Morgan fingerprint density at radius 1 is 1.28 bits per heavy atom. The van der Waals surface area contributed by atoms with Crippen molar-refractivity contribution >= 4 is 15.9 Å². The normalized spacial score (nSPS) is 34.7. The highest BCUT2D eigenvalue weighted by molar-refractivity contribution is 7.88. The summed E-state index contributed by atoms with van der Waals surface area (Å²) < 4.78 is 24.5. The molecule has 0 radical (unpaired) electrons. The Kier molecular flexibility index (Phi) is 2.55. The summed E-state index contributed by atoms with van der Waals surface area (Å²) in [7, 11) is -3.07. The molecule has 18 heavy (non-hydrogen) atoms. The van der Waals surface area contributed by atoms with Crippen LogP contribution in [-0.4, -0.2) is 56.0 Å². The lowest BCUT2D eigenvalue weighted by atomic mass is 9.79. The number of amides is 1. The van der Waals surface area contributed by atoms with E-state index in [0.29, 0.717) is 19.0 Å². The van der Waals surface area contributed by atoms with Gasteiger partial charge >= 0.3 is 0 Å². The van der Waals surface area contributed by atoms with Crippen molar-refractivity contribution in [2.75, 3.05) is 32.4 Å². The van der Waals surface area contributed by atoms with Gasteiger partial charge in [0.2, 0.25) is 15.9 Å². The van der Waals surface area contributed by atoms with E-state index >= 15 is 0 Å². The van der Waals surface area contributed by atoms with Crippen molar-refractivity contribution in [3.8, 4) is 0 Å². The minimum atomic E-state index is -3.07. The summed E-state index contributed by atoms with van der Waals surface area (Å²) >= 11 is 0. The third kappa shape index (κ3) is 1.95. The molecule has 3 fully saturated rings. The van der Waals surface area contributed by atoms with Gasteiger partial charge in [0.15, 0.2) is 0 Å². The van der Waals surface area contributed by atoms with Crippen LogP contribution in [0.15, 0.2) is 0 Å². The maximum Gasteiger partial charge on any atom is 0.226 e. The van der Waals surface area contributed by atoms with Crippen molar-refractivity contribution in [1.29, 1.82) is 0 Å². The largest absolute Gasteiger partial charge is 0.341 e. The molecule has 0 aromatic heterocycles. The summed E-state index contributed by atoms with van der Waals surface area (Å²) in [4.78, 5) is 13.9. The van der Waals surface area contributed by atoms with Gasteiger partial charge in [0.1, 0.15) is 0 Å². The lowest BCUT2D eigenvalue weighted by molar-refractivity contribution is -0.144. The Bertz CT molecular complexity index is 482. The van der Waals surface area contributed by atoms with Gasteiger partial charge in [-0.25, -0.2) is 12.7 Å². The first-order valence-corrected chi connectivity index (χ1v) is 8.40. The molecule has 5 nitrogen and oxygen atoms in total. The molecular weight excluding hydrogens is 252 g/mol. The molecule has 2 saturated heterocycles. The zero-order valence-corrected chi connectivity index (χ0v) is 11.7. The van der Waals surface area contributed by atoms with E-state index in [1.54, 1.807) is 4.31 Å². The molecule has 3 aliphatic rings. The van der Waals surface area contributed by atoms with Crippen LogP contribution in [0.5, 0.6) is 0 Å². The fourth-order valence-electron chi connectivity index (χ4n) is 3.26. The second-order valence-corrected chi connectivity index (χ2v) is 8.34. The van der Waals surface area contributed by atoms with Crippen molar-refractivity contribution in [1.82, 2.24) is 9.21 Å². The van der Waals surface area contributed by atoms with Gasteiger partial charge in [-0.2, -0.15) is 0 Å². The van der Waals surface area contributed by atoms with Gasteiger partial charge in [-0.15, -0.1) is 0 Å². The number of nitrogens with zero attached hydrogens (tertiary/aromatic N) is 2.